The highest BCUT2D eigenvalue weighted by molar-refractivity contribution is 9.10. The average Bonchev–Trinajstić information content (AvgIpc) is 2.40. The van der Waals surface area contributed by atoms with Gasteiger partial charge in [0.2, 0.25) is 0 Å². The lowest BCUT2D eigenvalue weighted by atomic mass is 9.94. The number of hydrogen-bond donors (Lipinski definition) is 1. The maximum Gasteiger partial charge on any atom is 0.123 e. The van der Waals surface area contributed by atoms with Crippen LogP contribution in [-0.2, 0) is 0 Å². The molecule has 3 heteroatoms. The molecule has 2 aromatic rings. The van der Waals surface area contributed by atoms with Crippen molar-refractivity contribution >= 4 is 15.9 Å². The van der Waals surface area contributed by atoms with Crippen LogP contribution in [0.4, 0.5) is 4.39 Å². The molecular weight excluding hydrogens is 329 g/mol. The molecule has 0 bridgehead atoms. The van der Waals surface area contributed by atoms with Crippen LogP contribution in [0.1, 0.15) is 41.6 Å². The van der Waals surface area contributed by atoms with Crippen molar-refractivity contribution in [3.8, 4) is 0 Å². The van der Waals surface area contributed by atoms with Crippen LogP contribution in [0.5, 0.6) is 0 Å². The van der Waals surface area contributed by atoms with Crippen LogP contribution < -0.4 is 5.32 Å². The molecule has 21 heavy (non-hydrogen) atoms. The molecule has 0 saturated carbocycles. The zero-order chi connectivity index (χ0) is 15.4. The standard InChI is InChI=1S/C18H21BrFN/c1-4-7-21-18(14-8-12(2)9-16(20)11-14)17-6-5-15(19)10-13(17)3/h5-6,8-11,18,21H,4,7H2,1-3H3. The van der Waals surface area contributed by atoms with Gasteiger partial charge in [0, 0.05) is 4.47 Å². The van der Waals surface area contributed by atoms with Crippen LogP contribution in [0.3, 0.4) is 0 Å². The third kappa shape index (κ3) is 4.14. The van der Waals surface area contributed by atoms with Crippen molar-refractivity contribution < 1.29 is 4.39 Å². The third-order valence-corrected chi connectivity index (χ3v) is 4.03. The van der Waals surface area contributed by atoms with E-state index in [0.717, 1.165) is 28.6 Å². The fraction of sp³-hybridized carbons (Fsp3) is 0.333. The first kappa shape index (κ1) is 16.2. The summed E-state index contributed by atoms with van der Waals surface area (Å²) < 4.78 is 14.8. The van der Waals surface area contributed by atoms with Crippen LogP contribution in [-0.4, -0.2) is 6.54 Å². The zero-order valence-electron chi connectivity index (χ0n) is 12.7. The third-order valence-electron chi connectivity index (χ3n) is 3.54. The summed E-state index contributed by atoms with van der Waals surface area (Å²) in [7, 11) is 0. The van der Waals surface area contributed by atoms with E-state index in [4.69, 9.17) is 0 Å². The van der Waals surface area contributed by atoms with Crippen molar-refractivity contribution in [2.24, 2.45) is 0 Å². The van der Waals surface area contributed by atoms with E-state index in [9.17, 15) is 4.39 Å². The second-order valence-corrected chi connectivity index (χ2v) is 6.37. The van der Waals surface area contributed by atoms with Crippen molar-refractivity contribution in [1.82, 2.24) is 5.32 Å². The van der Waals surface area contributed by atoms with E-state index in [-0.39, 0.29) is 11.9 Å². The van der Waals surface area contributed by atoms with E-state index in [1.54, 1.807) is 12.1 Å². The van der Waals surface area contributed by atoms with Crippen LogP contribution in [0.2, 0.25) is 0 Å². The molecule has 1 nitrogen and oxygen atoms in total. The second-order valence-electron chi connectivity index (χ2n) is 5.45. The lowest BCUT2D eigenvalue weighted by molar-refractivity contribution is 0.583. The zero-order valence-corrected chi connectivity index (χ0v) is 14.3. The summed E-state index contributed by atoms with van der Waals surface area (Å²) in [6.45, 7) is 7.05. The van der Waals surface area contributed by atoms with Crippen molar-refractivity contribution in [2.45, 2.75) is 33.2 Å². The molecule has 0 aliphatic heterocycles. The number of nitrogens with one attached hydrogen (secondary N) is 1. The van der Waals surface area contributed by atoms with Gasteiger partial charge in [-0.3, -0.25) is 0 Å². The van der Waals surface area contributed by atoms with Gasteiger partial charge in [-0.25, -0.2) is 4.39 Å². The Morgan fingerprint density at radius 3 is 2.52 bits per heavy atom. The molecule has 0 aliphatic rings. The molecule has 112 valence electrons. The molecule has 1 unspecified atom stereocenters. The van der Waals surface area contributed by atoms with Gasteiger partial charge in [0.15, 0.2) is 0 Å². The van der Waals surface area contributed by atoms with E-state index in [2.05, 4.69) is 53.3 Å². The Labute approximate surface area is 134 Å². The molecule has 0 spiro atoms. The largest absolute Gasteiger partial charge is 0.306 e. The summed E-state index contributed by atoms with van der Waals surface area (Å²) in [5.74, 6) is -0.178. The smallest absolute Gasteiger partial charge is 0.123 e. The first-order valence-corrected chi connectivity index (χ1v) is 8.07. The van der Waals surface area contributed by atoms with Gasteiger partial charge in [-0.05, 0) is 73.3 Å². The molecule has 2 aromatic carbocycles. The minimum atomic E-state index is -0.178. The average molecular weight is 350 g/mol. The Kier molecular flexibility index (Phi) is 5.54. The molecule has 0 aliphatic carbocycles. The normalized spacial score (nSPS) is 12.4. The van der Waals surface area contributed by atoms with Gasteiger partial charge in [0.1, 0.15) is 5.82 Å². The quantitative estimate of drug-likeness (QED) is 0.772. The summed E-state index contributed by atoms with van der Waals surface area (Å²) in [5.41, 5.74) is 4.31. The number of hydrogen-bond acceptors (Lipinski definition) is 1. The molecule has 0 fully saturated rings. The number of rotatable bonds is 5. The minimum Gasteiger partial charge on any atom is -0.306 e. The Hall–Kier alpha value is -1.19. The fourth-order valence-electron chi connectivity index (χ4n) is 2.59. The summed E-state index contributed by atoms with van der Waals surface area (Å²) in [6, 6.07) is 11.5. The molecule has 2 rings (SSSR count). The molecule has 1 atom stereocenters. The molecule has 0 amide bonds. The highest BCUT2D eigenvalue weighted by Gasteiger charge is 2.16. The van der Waals surface area contributed by atoms with Gasteiger partial charge in [-0.1, -0.05) is 35.0 Å². The SMILES string of the molecule is CCCNC(c1cc(C)cc(F)c1)c1ccc(Br)cc1C. The van der Waals surface area contributed by atoms with Crippen LogP contribution in [0.25, 0.3) is 0 Å². The topological polar surface area (TPSA) is 12.0 Å². The van der Waals surface area contributed by atoms with Gasteiger partial charge in [-0.2, -0.15) is 0 Å². The Bertz CT molecular complexity index is 604. The number of aryl methyl sites for hydroxylation is 2. The summed E-state index contributed by atoms with van der Waals surface area (Å²) in [4.78, 5) is 0. The number of benzene rings is 2. The van der Waals surface area contributed by atoms with Gasteiger partial charge in [0.25, 0.3) is 0 Å². The highest BCUT2D eigenvalue weighted by Crippen LogP contribution is 2.28. The monoisotopic (exact) mass is 349 g/mol. The molecule has 1 N–H and O–H groups in total. The highest BCUT2D eigenvalue weighted by atomic mass is 79.9. The van der Waals surface area contributed by atoms with Gasteiger partial charge < -0.3 is 5.32 Å². The molecular formula is C18H21BrFN. The van der Waals surface area contributed by atoms with Crippen molar-refractivity contribution in [3.05, 3.63) is 68.9 Å². The maximum atomic E-state index is 13.8. The first-order valence-electron chi connectivity index (χ1n) is 7.27. The van der Waals surface area contributed by atoms with Crippen LogP contribution >= 0.6 is 15.9 Å². The summed E-state index contributed by atoms with van der Waals surface area (Å²) in [6.07, 6.45) is 1.04. The summed E-state index contributed by atoms with van der Waals surface area (Å²) in [5, 5.41) is 3.53. The fourth-order valence-corrected chi connectivity index (χ4v) is 3.07. The van der Waals surface area contributed by atoms with E-state index in [1.165, 1.54) is 11.1 Å². The first-order chi connectivity index (χ1) is 10.0. The van der Waals surface area contributed by atoms with Gasteiger partial charge in [0.05, 0.1) is 6.04 Å². The number of halogens is 2. The Morgan fingerprint density at radius 2 is 1.90 bits per heavy atom. The molecule has 0 heterocycles. The van der Waals surface area contributed by atoms with E-state index >= 15 is 0 Å². The van der Waals surface area contributed by atoms with Crippen LogP contribution in [0.15, 0.2) is 40.9 Å². The predicted molar refractivity (Wildman–Crippen MR) is 90.2 cm³/mol. The van der Waals surface area contributed by atoms with Crippen molar-refractivity contribution in [1.29, 1.82) is 0 Å². The van der Waals surface area contributed by atoms with Gasteiger partial charge >= 0.3 is 0 Å². The van der Waals surface area contributed by atoms with E-state index in [1.807, 2.05) is 13.0 Å². The van der Waals surface area contributed by atoms with E-state index < -0.39 is 0 Å². The molecule has 0 aromatic heterocycles. The van der Waals surface area contributed by atoms with Crippen molar-refractivity contribution in [2.75, 3.05) is 6.54 Å². The Balaban J connectivity index is 2.46. The minimum absolute atomic E-state index is 0.0208. The van der Waals surface area contributed by atoms with E-state index in [0.29, 0.717) is 0 Å². The Morgan fingerprint density at radius 1 is 1.14 bits per heavy atom. The lowest BCUT2D eigenvalue weighted by Crippen LogP contribution is -2.24. The summed E-state index contributed by atoms with van der Waals surface area (Å²) >= 11 is 3.50. The molecule has 0 saturated heterocycles. The maximum absolute atomic E-state index is 13.8. The second kappa shape index (κ2) is 7.19. The predicted octanol–water partition coefficient (Wildman–Crippen LogP) is 5.29. The van der Waals surface area contributed by atoms with Crippen molar-refractivity contribution in [3.63, 3.8) is 0 Å². The van der Waals surface area contributed by atoms with Gasteiger partial charge in [-0.15, -0.1) is 0 Å². The lowest BCUT2D eigenvalue weighted by Gasteiger charge is -2.22. The van der Waals surface area contributed by atoms with Crippen LogP contribution in [0, 0.1) is 19.7 Å². The molecule has 0 radical (unpaired) electrons.